The molecule has 0 heterocycles. The van der Waals surface area contributed by atoms with E-state index in [1.165, 1.54) is 45.6 Å². The van der Waals surface area contributed by atoms with E-state index < -0.39 is 0 Å². The van der Waals surface area contributed by atoms with Gasteiger partial charge in [-0.15, -0.1) is 0 Å². The highest BCUT2D eigenvalue weighted by molar-refractivity contribution is 5.76. The second-order valence-corrected chi connectivity index (χ2v) is 5.84. The highest BCUT2D eigenvalue weighted by Gasteiger charge is 2.18. The Labute approximate surface area is 135 Å². The zero-order valence-electron chi connectivity index (χ0n) is 14.1. The van der Waals surface area contributed by atoms with Crippen molar-refractivity contribution in [1.29, 1.82) is 0 Å². The van der Waals surface area contributed by atoms with Crippen molar-refractivity contribution in [3.8, 4) is 0 Å². The molecule has 0 aliphatic rings. The normalized spacial score (nSPS) is 12.1. The first-order chi connectivity index (χ1) is 10.8. The Hall–Kier alpha value is -1.35. The van der Waals surface area contributed by atoms with Crippen LogP contribution in [0.3, 0.4) is 0 Å². The number of methoxy groups -OCH3 is 1. The lowest BCUT2D eigenvalue weighted by molar-refractivity contribution is -0.143. The molecule has 3 nitrogen and oxygen atoms in total. The second-order valence-electron chi connectivity index (χ2n) is 5.84. The average Bonchev–Trinajstić information content (AvgIpc) is 2.56. The Morgan fingerprint density at radius 1 is 1.05 bits per heavy atom. The lowest BCUT2D eigenvalue weighted by atomic mass is 10.1. The molecule has 1 N–H and O–H groups in total. The van der Waals surface area contributed by atoms with Crippen molar-refractivity contribution in [2.45, 2.75) is 64.3 Å². The largest absolute Gasteiger partial charge is 0.468 e. The van der Waals surface area contributed by atoms with Gasteiger partial charge in [-0.2, -0.15) is 0 Å². The minimum Gasteiger partial charge on any atom is -0.468 e. The van der Waals surface area contributed by atoms with Gasteiger partial charge in [-0.3, -0.25) is 4.79 Å². The fourth-order valence-corrected chi connectivity index (χ4v) is 2.59. The third kappa shape index (κ3) is 8.18. The quantitative estimate of drug-likeness (QED) is 0.466. The Morgan fingerprint density at radius 2 is 1.68 bits per heavy atom. The van der Waals surface area contributed by atoms with E-state index in [-0.39, 0.29) is 12.0 Å². The van der Waals surface area contributed by atoms with Gasteiger partial charge in [0.1, 0.15) is 6.04 Å². The minimum atomic E-state index is -0.243. The third-order valence-electron chi connectivity index (χ3n) is 3.94. The van der Waals surface area contributed by atoms with Crippen LogP contribution in [-0.2, 0) is 16.0 Å². The number of esters is 1. The molecule has 0 fully saturated rings. The van der Waals surface area contributed by atoms with Crippen molar-refractivity contribution < 1.29 is 9.53 Å². The van der Waals surface area contributed by atoms with Gasteiger partial charge in [0, 0.05) is 0 Å². The molecule has 1 rings (SSSR count). The van der Waals surface area contributed by atoms with E-state index in [2.05, 4.69) is 12.2 Å². The number of unbranched alkanes of at least 4 members (excludes halogenated alkanes) is 6. The van der Waals surface area contributed by atoms with Crippen LogP contribution in [0.1, 0.15) is 57.4 Å². The molecule has 124 valence electrons. The number of hydrogen-bond donors (Lipinski definition) is 1. The van der Waals surface area contributed by atoms with Crippen LogP contribution in [0.5, 0.6) is 0 Å². The SMILES string of the molecule is CCCCCCCCCN[C@@H](Cc1ccccc1)C(=O)OC. The van der Waals surface area contributed by atoms with E-state index in [0.29, 0.717) is 6.42 Å². The molecule has 0 saturated heterocycles. The number of ether oxygens (including phenoxy) is 1. The molecule has 3 heteroatoms. The number of hydrogen-bond acceptors (Lipinski definition) is 3. The van der Waals surface area contributed by atoms with Gasteiger partial charge in [-0.05, 0) is 24.9 Å². The Morgan fingerprint density at radius 3 is 2.32 bits per heavy atom. The molecule has 0 amide bonds. The molecule has 0 unspecified atom stereocenters. The lowest BCUT2D eigenvalue weighted by Gasteiger charge is -2.16. The molecule has 22 heavy (non-hydrogen) atoms. The molecule has 0 aromatic heterocycles. The van der Waals surface area contributed by atoms with Gasteiger partial charge < -0.3 is 10.1 Å². The molecular weight excluding hydrogens is 274 g/mol. The molecule has 0 aliphatic carbocycles. The predicted octanol–water partition coefficient (Wildman–Crippen LogP) is 4.11. The summed E-state index contributed by atoms with van der Waals surface area (Å²) in [5, 5.41) is 3.35. The summed E-state index contributed by atoms with van der Waals surface area (Å²) in [5.41, 5.74) is 1.16. The molecule has 1 atom stereocenters. The first-order valence-electron chi connectivity index (χ1n) is 8.63. The van der Waals surface area contributed by atoms with Crippen molar-refractivity contribution in [2.24, 2.45) is 0 Å². The Bertz CT molecular complexity index is 392. The highest BCUT2D eigenvalue weighted by Crippen LogP contribution is 2.08. The predicted molar refractivity (Wildman–Crippen MR) is 91.9 cm³/mol. The summed E-state index contributed by atoms with van der Waals surface area (Å²) in [6.07, 6.45) is 9.65. The van der Waals surface area contributed by atoms with Crippen LogP contribution in [0.15, 0.2) is 30.3 Å². The zero-order valence-corrected chi connectivity index (χ0v) is 14.1. The van der Waals surface area contributed by atoms with Crippen molar-refractivity contribution >= 4 is 5.97 Å². The van der Waals surface area contributed by atoms with Gasteiger partial charge in [-0.1, -0.05) is 75.8 Å². The topological polar surface area (TPSA) is 38.3 Å². The average molecular weight is 305 g/mol. The molecule has 0 saturated carbocycles. The summed E-state index contributed by atoms with van der Waals surface area (Å²) < 4.78 is 4.91. The van der Waals surface area contributed by atoms with Crippen LogP contribution in [0, 0.1) is 0 Å². The summed E-state index contributed by atoms with van der Waals surface area (Å²) in [5.74, 6) is -0.174. The van der Waals surface area contributed by atoms with E-state index in [0.717, 1.165) is 18.5 Å². The molecular formula is C19H31NO2. The van der Waals surface area contributed by atoms with Gasteiger partial charge in [0.25, 0.3) is 0 Å². The molecule has 0 radical (unpaired) electrons. The Kier molecular flexibility index (Phi) is 10.4. The van der Waals surface area contributed by atoms with Crippen molar-refractivity contribution in [2.75, 3.05) is 13.7 Å². The summed E-state index contributed by atoms with van der Waals surface area (Å²) in [4.78, 5) is 11.9. The molecule has 0 spiro atoms. The van der Waals surface area contributed by atoms with Gasteiger partial charge in [-0.25, -0.2) is 0 Å². The standard InChI is InChI=1S/C19H31NO2/c1-3-4-5-6-7-8-12-15-20-18(19(21)22-2)16-17-13-10-9-11-14-17/h9-11,13-14,18,20H,3-8,12,15-16H2,1-2H3/t18-/m0/s1. The summed E-state index contributed by atoms with van der Waals surface area (Å²) in [7, 11) is 1.45. The fraction of sp³-hybridized carbons (Fsp3) is 0.632. The molecule has 0 bridgehead atoms. The van der Waals surface area contributed by atoms with Gasteiger partial charge in [0.2, 0.25) is 0 Å². The van der Waals surface area contributed by atoms with Crippen molar-refractivity contribution in [3.05, 3.63) is 35.9 Å². The van der Waals surface area contributed by atoms with Crippen LogP contribution in [0.25, 0.3) is 0 Å². The first-order valence-corrected chi connectivity index (χ1v) is 8.63. The van der Waals surface area contributed by atoms with Gasteiger partial charge >= 0.3 is 5.97 Å². The van der Waals surface area contributed by atoms with E-state index in [1.54, 1.807) is 0 Å². The van der Waals surface area contributed by atoms with Gasteiger partial charge in [0.05, 0.1) is 7.11 Å². The summed E-state index contributed by atoms with van der Waals surface area (Å²) in [6, 6.07) is 9.84. The smallest absolute Gasteiger partial charge is 0.323 e. The number of carbonyl (C=O) groups is 1. The van der Waals surface area contributed by atoms with E-state index in [9.17, 15) is 4.79 Å². The minimum absolute atomic E-state index is 0.174. The third-order valence-corrected chi connectivity index (χ3v) is 3.94. The van der Waals surface area contributed by atoms with Crippen LogP contribution in [-0.4, -0.2) is 25.7 Å². The van der Waals surface area contributed by atoms with E-state index >= 15 is 0 Å². The summed E-state index contributed by atoms with van der Waals surface area (Å²) in [6.45, 7) is 3.12. The number of carbonyl (C=O) groups excluding carboxylic acids is 1. The van der Waals surface area contributed by atoms with E-state index in [4.69, 9.17) is 4.74 Å². The number of benzene rings is 1. The number of nitrogens with one attached hydrogen (secondary N) is 1. The molecule has 1 aromatic rings. The van der Waals surface area contributed by atoms with E-state index in [1.807, 2.05) is 30.3 Å². The summed E-state index contributed by atoms with van der Waals surface area (Å²) >= 11 is 0. The first kappa shape index (κ1) is 18.7. The highest BCUT2D eigenvalue weighted by atomic mass is 16.5. The maximum Gasteiger partial charge on any atom is 0.323 e. The molecule has 0 aliphatic heterocycles. The van der Waals surface area contributed by atoms with Crippen LogP contribution >= 0.6 is 0 Å². The number of rotatable bonds is 12. The van der Waals surface area contributed by atoms with Crippen LogP contribution in [0.4, 0.5) is 0 Å². The Balaban J connectivity index is 2.23. The maximum absolute atomic E-state index is 11.9. The van der Waals surface area contributed by atoms with Crippen molar-refractivity contribution in [1.82, 2.24) is 5.32 Å². The second kappa shape index (κ2) is 12.2. The molecule has 1 aromatic carbocycles. The van der Waals surface area contributed by atoms with Crippen LogP contribution in [0.2, 0.25) is 0 Å². The van der Waals surface area contributed by atoms with Gasteiger partial charge in [0.15, 0.2) is 0 Å². The lowest BCUT2D eigenvalue weighted by Crippen LogP contribution is -2.39. The zero-order chi connectivity index (χ0) is 16.0. The maximum atomic E-state index is 11.9. The van der Waals surface area contributed by atoms with Crippen molar-refractivity contribution in [3.63, 3.8) is 0 Å². The van der Waals surface area contributed by atoms with Crippen LogP contribution < -0.4 is 5.32 Å². The fourth-order valence-electron chi connectivity index (χ4n) is 2.59. The monoisotopic (exact) mass is 305 g/mol.